The first kappa shape index (κ1) is 35.0. The second-order valence-corrected chi connectivity index (χ2v) is 15.5. The van der Waals surface area contributed by atoms with Crippen molar-refractivity contribution >= 4 is 65.8 Å². The number of fused-ring (bicyclic) bond motifs is 9. The van der Waals surface area contributed by atoms with Gasteiger partial charge in [-0.1, -0.05) is 121 Å². The summed E-state index contributed by atoms with van der Waals surface area (Å²) in [7, 11) is 0. The van der Waals surface area contributed by atoms with Crippen molar-refractivity contribution in [3.63, 3.8) is 0 Å². The lowest BCUT2D eigenvalue weighted by molar-refractivity contribution is 0.668. The van der Waals surface area contributed by atoms with Crippen LogP contribution in [0.1, 0.15) is 0 Å². The number of aromatic nitrogens is 6. The zero-order valence-electron chi connectivity index (χ0n) is 33.2. The fourth-order valence-corrected chi connectivity index (χ4v) is 8.49. The van der Waals surface area contributed by atoms with Crippen LogP contribution in [-0.2, 0) is 0 Å². The molecule has 0 spiro atoms. The van der Waals surface area contributed by atoms with E-state index in [1.165, 1.54) is 0 Å². The van der Waals surface area contributed by atoms with Gasteiger partial charge in [0.05, 0.1) is 0 Å². The van der Waals surface area contributed by atoms with Crippen LogP contribution >= 0.6 is 0 Å². The zero-order valence-corrected chi connectivity index (χ0v) is 33.2. The molecule has 0 N–H and O–H groups in total. The van der Waals surface area contributed by atoms with Crippen LogP contribution < -0.4 is 0 Å². The fourth-order valence-electron chi connectivity index (χ4n) is 8.49. The highest BCUT2D eigenvalue weighted by Crippen LogP contribution is 2.37. The predicted molar refractivity (Wildman–Crippen MR) is 248 cm³/mol. The molecule has 0 unspecified atom stereocenters. The largest absolute Gasteiger partial charge is 0.456 e. The number of hydrogen-bond donors (Lipinski definition) is 0. The Balaban J connectivity index is 0.936. The zero-order chi connectivity index (χ0) is 41.4. The maximum Gasteiger partial charge on any atom is 0.164 e. The Bertz CT molecular complexity index is 3740. The van der Waals surface area contributed by atoms with Gasteiger partial charge < -0.3 is 13.3 Å². The molecule has 13 aromatic rings. The van der Waals surface area contributed by atoms with E-state index in [1.807, 2.05) is 146 Å². The Morgan fingerprint density at radius 2 is 0.460 bits per heavy atom. The van der Waals surface area contributed by atoms with Gasteiger partial charge in [-0.05, 0) is 60.7 Å². The van der Waals surface area contributed by atoms with Gasteiger partial charge in [0.25, 0.3) is 0 Å². The summed E-state index contributed by atoms with van der Waals surface area (Å²) < 4.78 is 19.2. The number of nitrogens with zero attached hydrogens (tertiary/aromatic N) is 6. The van der Waals surface area contributed by atoms with Crippen molar-refractivity contribution < 1.29 is 13.3 Å². The molecule has 0 aliphatic rings. The van der Waals surface area contributed by atoms with Gasteiger partial charge in [0.1, 0.15) is 33.5 Å². The number of hydrogen-bond acceptors (Lipinski definition) is 9. The van der Waals surface area contributed by atoms with Gasteiger partial charge in [-0.3, -0.25) is 0 Å². The molecule has 0 saturated carbocycles. The van der Waals surface area contributed by atoms with E-state index in [9.17, 15) is 0 Å². The van der Waals surface area contributed by atoms with E-state index in [4.69, 9.17) is 43.2 Å². The molecule has 0 atom stereocenters. The first-order valence-electron chi connectivity index (χ1n) is 20.6. The number of rotatable bonds is 6. The van der Waals surface area contributed by atoms with Crippen molar-refractivity contribution in [3.05, 3.63) is 182 Å². The van der Waals surface area contributed by atoms with Gasteiger partial charge in [0.2, 0.25) is 0 Å². The lowest BCUT2D eigenvalue weighted by atomic mass is 10.1. The summed E-state index contributed by atoms with van der Waals surface area (Å²) in [6, 6.07) is 60.4. The molecule has 0 aliphatic carbocycles. The molecule has 8 aromatic carbocycles. The van der Waals surface area contributed by atoms with Crippen LogP contribution in [0.3, 0.4) is 0 Å². The smallest absolute Gasteiger partial charge is 0.164 e. The maximum absolute atomic E-state index is 6.62. The lowest BCUT2D eigenvalue weighted by Crippen LogP contribution is -2.00. The van der Waals surface area contributed by atoms with Crippen LogP contribution in [0.15, 0.2) is 195 Å². The molecule has 63 heavy (non-hydrogen) atoms. The molecule has 0 amide bonds. The van der Waals surface area contributed by atoms with E-state index in [0.29, 0.717) is 46.1 Å². The van der Waals surface area contributed by atoms with Crippen LogP contribution in [-0.4, -0.2) is 29.9 Å². The average Bonchev–Trinajstić information content (AvgIpc) is 4.04. The SMILES string of the molecule is c1ccc(-c2nc(-c3ccccc3)nc(-c3ccc4c(c3)oc3cc(-c5nc(-c6ccc7c(c6)oc6ccccc67)nc(-c6ccc7c(c6)oc6ccccc67)n5)ccc34)n2)cc1. The second-order valence-electron chi connectivity index (χ2n) is 15.5. The summed E-state index contributed by atoms with van der Waals surface area (Å²) >= 11 is 0. The van der Waals surface area contributed by atoms with Crippen molar-refractivity contribution in [1.82, 2.24) is 29.9 Å². The average molecular weight is 811 g/mol. The minimum Gasteiger partial charge on any atom is -0.456 e. The normalized spacial score (nSPS) is 11.8. The van der Waals surface area contributed by atoms with Gasteiger partial charge in [0, 0.05) is 65.7 Å². The van der Waals surface area contributed by atoms with E-state index in [2.05, 4.69) is 36.4 Å². The first-order chi connectivity index (χ1) is 31.1. The highest BCUT2D eigenvalue weighted by molar-refractivity contribution is 6.08. The molecule has 9 nitrogen and oxygen atoms in total. The Morgan fingerprint density at radius 1 is 0.206 bits per heavy atom. The first-order valence-corrected chi connectivity index (χ1v) is 20.6. The van der Waals surface area contributed by atoms with Crippen LogP contribution in [0, 0.1) is 0 Å². The summed E-state index contributed by atoms with van der Waals surface area (Å²) in [5.74, 6) is 3.27. The molecule has 0 aliphatic heterocycles. The Labute approximate surface area is 358 Å². The predicted octanol–water partition coefficient (Wildman–Crippen LogP) is 13.8. The molecular formula is C54H30N6O3. The monoisotopic (exact) mass is 810 g/mol. The molecule has 294 valence electrons. The molecule has 13 rings (SSSR count). The van der Waals surface area contributed by atoms with Gasteiger partial charge >= 0.3 is 0 Å². The van der Waals surface area contributed by atoms with Crippen LogP contribution in [0.2, 0.25) is 0 Å². The van der Waals surface area contributed by atoms with Gasteiger partial charge in [0.15, 0.2) is 34.9 Å². The standard InChI is InChI=1S/C54H30N6O3/c1-3-11-31(12-4-1)49-55-50(32-13-5-2-6-14-32)57-51(56-49)35-21-25-41-42-26-22-36(30-48(42)63-47(41)29-35)54-59-52(33-19-23-39-37-15-7-9-17-43(37)61-45(39)27-33)58-53(60-54)34-20-24-40-38-16-8-10-18-44(38)62-46(40)28-34/h1-30H. The highest BCUT2D eigenvalue weighted by atomic mass is 16.3. The Kier molecular flexibility index (Phi) is 7.70. The highest BCUT2D eigenvalue weighted by Gasteiger charge is 2.19. The second kappa shape index (κ2) is 13.9. The molecule has 5 heterocycles. The Morgan fingerprint density at radius 3 is 0.794 bits per heavy atom. The lowest BCUT2D eigenvalue weighted by Gasteiger charge is -2.09. The fraction of sp³-hybridized carbons (Fsp3) is 0. The molecule has 0 saturated heterocycles. The number of para-hydroxylation sites is 2. The molecule has 0 fully saturated rings. The third-order valence-corrected chi connectivity index (χ3v) is 11.6. The topological polar surface area (TPSA) is 117 Å². The molecular weight excluding hydrogens is 781 g/mol. The van der Waals surface area contributed by atoms with Gasteiger partial charge in [-0.15, -0.1) is 0 Å². The van der Waals surface area contributed by atoms with Gasteiger partial charge in [-0.25, -0.2) is 29.9 Å². The van der Waals surface area contributed by atoms with Gasteiger partial charge in [-0.2, -0.15) is 0 Å². The Hall–Kier alpha value is -8.82. The van der Waals surface area contributed by atoms with E-state index in [-0.39, 0.29) is 0 Å². The summed E-state index contributed by atoms with van der Waals surface area (Å²) in [5.41, 5.74) is 9.59. The van der Waals surface area contributed by atoms with Crippen molar-refractivity contribution in [2.45, 2.75) is 0 Å². The molecule has 5 aromatic heterocycles. The van der Waals surface area contributed by atoms with Crippen LogP contribution in [0.5, 0.6) is 0 Å². The maximum atomic E-state index is 6.62. The third kappa shape index (κ3) is 5.94. The van der Waals surface area contributed by atoms with E-state index in [0.717, 1.165) is 88.0 Å². The summed E-state index contributed by atoms with van der Waals surface area (Å²) in [6.45, 7) is 0. The quantitative estimate of drug-likeness (QED) is 0.162. The van der Waals surface area contributed by atoms with Crippen LogP contribution in [0.25, 0.3) is 134 Å². The minimum atomic E-state index is 0.500. The molecule has 0 bridgehead atoms. The molecule has 0 radical (unpaired) electrons. The summed E-state index contributed by atoms with van der Waals surface area (Å²) in [6.07, 6.45) is 0. The summed E-state index contributed by atoms with van der Waals surface area (Å²) in [5, 5.41) is 6.11. The van der Waals surface area contributed by atoms with Crippen molar-refractivity contribution in [1.29, 1.82) is 0 Å². The molecule has 9 heteroatoms. The van der Waals surface area contributed by atoms with Crippen molar-refractivity contribution in [2.24, 2.45) is 0 Å². The van der Waals surface area contributed by atoms with E-state index in [1.54, 1.807) is 0 Å². The van der Waals surface area contributed by atoms with E-state index >= 15 is 0 Å². The number of benzene rings is 8. The minimum absolute atomic E-state index is 0.500. The number of furan rings is 3. The summed E-state index contributed by atoms with van der Waals surface area (Å²) in [4.78, 5) is 30.0. The van der Waals surface area contributed by atoms with Crippen LogP contribution in [0.4, 0.5) is 0 Å². The van der Waals surface area contributed by atoms with Crippen molar-refractivity contribution in [2.75, 3.05) is 0 Å². The van der Waals surface area contributed by atoms with E-state index < -0.39 is 0 Å². The third-order valence-electron chi connectivity index (χ3n) is 11.6. The van der Waals surface area contributed by atoms with Crippen molar-refractivity contribution in [3.8, 4) is 68.3 Å².